The van der Waals surface area contributed by atoms with Crippen LogP contribution in [0.15, 0.2) is 46.9 Å². The minimum Gasteiger partial charge on any atom is -0.313 e. The monoisotopic (exact) mass is 411 g/mol. The molecule has 4 nitrogen and oxygen atoms in total. The van der Waals surface area contributed by atoms with Crippen molar-refractivity contribution in [2.45, 2.75) is 12.7 Å². The molecular formula is C17H13BrF3N3O. The molecule has 0 saturated heterocycles. The van der Waals surface area contributed by atoms with E-state index >= 15 is 0 Å². The molecule has 0 fully saturated rings. The number of nitrogens with zero attached hydrogens (tertiary/aromatic N) is 2. The van der Waals surface area contributed by atoms with Crippen molar-refractivity contribution >= 4 is 32.7 Å². The highest BCUT2D eigenvalue weighted by Gasteiger charge is 2.34. The molecular weight excluding hydrogens is 399 g/mol. The van der Waals surface area contributed by atoms with Gasteiger partial charge in [0.2, 0.25) is 5.62 Å². The molecule has 0 atom stereocenters. The van der Waals surface area contributed by atoms with Gasteiger partial charge in [0.25, 0.3) is 0 Å². The van der Waals surface area contributed by atoms with Crippen LogP contribution in [0.1, 0.15) is 15.9 Å². The number of nitrogens with one attached hydrogen (secondary N) is 1. The molecule has 1 N–H and O–H groups in total. The second kappa shape index (κ2) is 6.18. The Hall–Kier alpha value is -2.35. The highest BCUT2D eigenvalue weighted by Crippen LogP contribution is 2.34. The topological polar surface area (TPSA) is 50.8 Å². The normalized spacial score (nSPS) is 11.9. The number of ketones is 1. The van der Waals surface area contributed by atoms with E-state index in [0.717, 1.165) is 15.1 Å². The number of alkyl halides is 3. The predicted molar refractivity (Wildman–Crippen MR) is 90.2 cm³/mol. The second-order valence-electron chi connectivity index (χ2n) is 5.57. The summed E-state index contributed by atoms with van der Waals surface area (Å²) in [4.78, 5) is 12.5. The zero-order chi connectivity index (χ0) is 18.4. The third kappa shape index (κ3) is 3.13. The quantitative estimate of drug-likeness (QED) is 0.647. The summed E-state index contributed by atoms with van der Waals surface area (Å²) >= 11 is 3.28. The highest BCUT2D eigenvalue weighted by atomic mass is 79.9. The van der Waals surface area contributed by atoms with Crippen LogP contribution in [-0.4, -0.2) is 14.9 Å². The van der Waals surface area contributed by atoms with E-state index < -0.39 is 11.7 Å². The number of carbonyl (C=O) groups is 1. The summed E-state index contributed by atoms with van der Waals surface area (Å²) < 4.78 is 43.0. The molecule has 3 rings (SSSR count). The Bertz CT molecular complexity index is 1020. The molecule has 0 unspecified atom stereocenters. The van der Waals surface area contributed by atoms with Gasteiger partial charge in [0, 0.05) is 17.1 Å². The molecule has 0 radical (unpaired) electrons. The largest absolute Gasteiger partial charge is 0.418 e. The van der Waals surface area contributed by atoms with Gasteiger partial charge in [-0.3, -0.25) is 10.2 Å². The molecule has 130 valence electrons. The van der Waals surface area contributed by atoms with Gasteiger partial charge < -0.3 is 9.13 Å². The number of halogens is 4. The fraction of sp³-hybridized carbons (Fsp3) is 0.176. The number of Topliss-reactive ketones (excluding diaryl/α,β-unsaturated/α-hetero) is 1. The molecule has 2 aromatic carbocycles. The van der Waals surface area contributed by atoms with Crippen molar-refractivity contribution in [1.82, 2.24) is 9.13 Å². The second-order valence-corrected chi connectivity index (χ2v) is 6.49. The Morgan fingerprint density at radius 1 is 1.16 bits per heavy atom. The van der Waals surface area contributed by atoms with Crippen LogP contribution in [0.4, 0.5) is 13.2 Å². The third-order valence-corrected chi connectivity index (χ3v) is 4.52. The lowest BCUT2D eigenvalue weighted by Crippen LogP contribution is -2.26. The summed E-state index contributed by atoms with van der Waals surface area (Å²) in [7, 11) is 1.39. The Morgan fingerprint density at radius 3 is 2.40 bits per heavy atom. The van der Waals surface area contributed by atoms with E-state index in [1.807, 2.05) is 0 Å². The molecule has 0 saturated carbocycles. The number of aryl methyl sites for hydroxylation is 1. The minimum absolute atomic E-state index is 0.108. The minimum atomic E-state index is -4.54. The van der Waals surface area contributed by atoms with Crippen LogP contribution in [0.2, 0.25) is 0 Å². The fourth-order valence-corrected chi connectivity index (χ4v) is 3.03. The molecule has 3 aromatic rings. The summed E-state index contributed by atoms with van der Waals surface area (Å²) in [5, 5.41) is 8.11. The smallest absolute Gasteiger partial charge is 0.313 e. The molecule has 0 spiro atoms. The van der Waals surface area contributed by atoms with Gasteiger partial charge in [0.1, 0.15) is 0 Å². The first-order valence-electron chi connectivity index (χ1n) is 7.29. The summed E-state index contributed by atoms with van der Waals surface area (Å²) in [6, 6.07) is 10.4. The van der Waals surface area contributed by atoms with E-state index in [2.05, 4.69) is 15.9 Å². The van der Waals surface area contributed by atoms with Crippen molar-refractivity contribution in [1.29, 1.82) is 5.41 Å². The van der Waals surface area contributed by atoms with Gasteiger partial charge in [-0.25, -0.2) is 0 Å². The molecule has 0 aliphatic heterocycles. The first-order valence-corrected chi connectivity index (χ1v) is 8.08. The fourth-order valence-electron chi connectivity index (χ4n) is 2.76. The van der Waals surface area contributed by atoms with Crippen molar-refractivity contribution < 1.29 is 18.0 Å². The lowest BCUT2D eigenvalue weighted by atomic mass is 10.1. The van der Waals surface area contributed by atoms with E-state index in [-0.39, 0.29) is 29.0 Å². The van der Waals surface area contributed by atoms with E-state index in [9.17, 15) is 18.0 Å². The van der Waals surface area contributed by atoms with Gasteiger partial charge in [0.15, 0.2) is 5.78 Å². The van der Waals surface area contributed by atoms with Gasteiger partial charge in [-0.05, 0) is 24.3 Å². The molecule has 1 aromatic heterocycles. The zero-order valence-corrected chi connectivity index (χ0v) is 14.6. The average molecular weight is 412 g/mol. The Labute approximate surface area is 149 Å². The molecule has 0 aliphatic carbocycles. The maximum Gasteiger partial charge on any atom is 0.418 e. The SMILES string of the molecule is Cn1c(=N)n(CC(=O)c2ccc(Br)cc2)c2cccc(C(F)(F)F)c21. The van der Waals surface area contributed by atoms with Crippen LogP contribution >= 0.6 is 15.9 Å². The Morgan fingerprint density at radius 2 is 1.80 bits per heavy atom. The lowest BCUT2D eigenvalue weighted by molar-refractivity contribution is -0.136. The zero-order valence-electron chi connectivity index (χ0n) is 13.1. The Kier molecular flexibility index (Phi) is 4.32. The molecule has 1 heterocycles. The number of hydrogen-bond donors (Lipinski definition) is 1. The highest BCUT2D eigenvalue weighted by molar-refractivity contribution is 9.10. The number of imidazole rings is 1. The van der Waals surface area contributed by atoms with Crippen molar-refractivity contribution in [3.05, 3.63) is 63.7 Å². The molecule has 0 amide bonds. The Balaban J connectivity index is 2.11. The van der Waals surface area contributed by atoms with Gasteiger partial charge in [0.05, 0.1) is 23.1 Å². The van der Waals surface area contributed by atoms with E-state index in [1.54, 1.807) is 24.3 Å². The van der Waals surface area contributed by atoms with Gasteiger partial charge >= 0.3 is 6.18 Å². The first kappa shape index (κ1) is 17.5. The molecule has 0 aliphatic rings. The standard InChI is InChI=1S/C17H13BrF3N3O/c1-23-15-12(17(19,20)21)3-2-4-13(15)24(16(23)22)9-14(25)10-5-7-11(18)8-6-10/h2-8,22H,9H2,1H3. The van der Waals surface area contributed by atoms with E-state index in [4.69, 9.17) is 5.41 Å². The summed E-state index contributed by atoms with van der Waals surface area (Å²) in [6.45, 7) is -0.209. The van der Waals surface area contributed by atoms with Crippen LogP contribution in [-0.2, 0) is 19.8 Å². The number of aromatic nitrogens is 2. The predicted octanol–water partition coefficient (Wildman–Crippen LogP) is 4.12. The van der Waals surface area contributed by atoms with Gasteiger partial charge in [-0.15, -0.1) is 0 Å². The number of benzene rings is 2. The maximum atomic E-state index is 13.2. The number of fused-ring (bicyclic) bond motifs is 1. The average Bonchev–Trinajstić information content (AvgIpc) is 2.79. The number of rotatable bonds is 3. The van der Waals surface area contributed by atoms with Gasteiger partial charge in [-0.1, -0.05) is 34.1 Å². The summed E-state index contributed by atoms with van der Waals surface area (Å²) in [5.74, 6) is -0.282. The molecule has 0 bridgehead atoms. The van der Waals surface area contributed by atoms with Crippen LogP contribution in [0.25, 0.3) is 11.0 Å². The van der Waals surface area contributed by atoms with Crippen LogP contribution < -0.4 is 5.62 Å². The maximum absolute atomic E-state index is 13.2. The van der Waals surface area contributed by atoms with Crippen LogP contribution in [0, 0.1) is 5.41 Å². The lowest BCUT2D eigenvalue weighted by Gasteiger charge is -2.09. The van der Waals surface area contributed by atoms with Crippen molar-refractivity contribution in [3.8, 4) is 0 Å². The first-order chi connectivity index (χ1) is 11.7. The number of hydrogen-bond acceptors (Lipinski definition) is 2. The summed E-state index contributed by atoms with van der Waals surface area (Å²) in [5.41, 5.74) is -0.469. The van der Waals surface area contributed by atoms with Crippen LogP contribution in [0.5, 0.6) is 0 Å². The third-order valence-electron chi connectivity index (χ3n) is 3.99. The number of para-hydroxylation sites is 1. The van der Waals surface area contributed by atoms with E-state index in [0.29, 0.717) is 5.56 Å². The number of carbonyl (C=O) groups excluding carboxylic acids is 1. The van der Waals surface area contributed by atoms with E-state index in [1.165, 1.54) is 23.7 Å². The molecule has 25 heavy (non-hydrogen) atoms. The molecule has 8 heteroatoms. The van der Waals surface area contributed by atoms with Crippen molar-refractivity contribution in [2.24, 2.45) is 7.05 Å². The summed E-state index contributed by atoms with van der Waals surface area (Å²) in [6.07, 6.45) is -4.54. The van der Waals surface area contributed by atoms with Crippen molar-refractivity contribution in [3.63, 3.8) is 0 Å². The van der Waals surface area contributed by atoms with Gasteiger partial charge in [-0.2, -0.15) is 13.2 Å². The van der Waals surface area contributed by atoms with Crippen molar-refractivity contribution in [2.75, 3.05) is 0 Å². The van der Waals surface area contributed by atoms with Crippen LogP contribution in [0.3, 0.4) is 0 Å².